The monoisotopic (exact) mass is 506 g/mol. The van der Waals surface area contributed by atoms with Gasteiger partial charge in [0.15, 0.2) is 5.65 Å². The molecule has 0 spiro atoms. The number of hydrogen-bond acceptors (Lipinski definition) is 9. The lowest BCUT2D eigenvalue weighted by Crippen LogP contribution is -2.57. The number of aromatic nitrogens is 4. The molecule has 4 heterocycles. The van der Waals surface area contributed by atoms with Crippen molar-refractivity contribution in [3.63, 3.8) is 0 Å². The molecule has 0 aliphatic carbocycles. The van der Waals surface area contributed by atoms with Crippen molar-refractivity contribution >= 4 is 34.8 Å². The van der Waals surface area contributed by atoms with Crippen LogP contribution in [-0.2, 0) is 9.53 Å². The van der Waals surface area contributed by atoms with Crippen molar-refractivity contribution in [1.29, 1.82) is 0 Å². The molecule has 1 amide bonds. The van der Waals surface area contributed by atoms with Crippen molar-refractivity contribution in [2.75, 3.05) is 35.7 Å². The van der Waals surface area contributed by atoms with Crippen LogP contribution in [0.1, 0.15) is 44.6 Å². The van der Waals surface area contributed by atoms with Gasteiger partial charge >= 0.3 is 0 Å². The molecule has 2 aliphatic rings. The Hall–Kier alpha value is -3.54. The van der Waals surface area contributed by atoms with Gasteiger partial charge < -0.3 is 25.8 Å². The zero-order valence-corrected chi connectivity index (χ0v) is 21.2. The fraction of sp³-hybridized carbons (Fsp3) is 0.462. The van der Waals surface area contributed by atoms with Gasteiger partial charge in [-0.15, -0.1) is 0 Å². The molecule has 1 aromatic carbocycles. The number of aliphatic hydroxyl groups is 1. The van der Waals surface area contributed by atoms with E-state index in [4.69, 9.17) is 14.7 Å². The van der Waals surface area contributed by atoms with Gasteiger partial charge in [-0.2, -0.15) is 19.6 Å². The number of carbonyl (C=O) groups excluding carboxylic acids is 1. The van der Waals surface area contributed by atoms with Crippen molar-refractivity contribution in [3.8, 4) is 0 Å². The highest BCUT2D eigenvalue weighted by Crippen LogP contribution is 2.27. The Labute approximate surface area is 215 Å². The van der Waals surface area contributed by atoms with Crippen molar-refractivity contribution < 1.29 is 14.6 Å². The van der Waals surface area contributed by atoms with E-state index in [1.54, 1.807) is 9.42 Å². The minimum atomic E-state index is -0.827. The highest BCUT2D eigenvalue weighted by atomic mass is 16.5. The van der Waals surface area contributed by atoms with Crippen molar-refractivity contribution in [2.24, 2.45) is 0 Å². The summed E-state index contributed by atoms with van der Waals surface area (Å²) in [6.45, 7) is 9.93. The number of anilines is 4. The molecule has 5 rings (SSSR count). The minimum Gasteiger partial charge on any atom is -0.381 e. The Kier molecular flexibility index (Phi) is 7.36. The summed E-state index contributed by atoms with van der Waals surface area (Å²) in [6.07, 6.45) is 4.92. The normalized spacial score (nSPS) is 19.4. The van der Waals surface area contributed by atoms with Gasteiger partial charge in [-0.3, -0.25) is 9.69 Å². The summed E-state index contributed by atoms with van der Waals surface area (Å²) in [5, 5.41) is 24.3. The molecule has 3 aromatic rings. The summed E-state index contributed by atoms with van der Waals surface area (Å²) < 4.78 is 7.19. The quantitative estimate of drug-likeness (QED) is 0.324. The molecular formula is C26H34N8O3. The molecule has 2 unspecified atom stereocenters. The fourth-order valence-electron chi connectivity index (χ4n) is 4.64. The molecule has 2 aromatic heterocycles. The van der Waals surface area contributed by atoms with Crippen molar-refractivity contribution in [2.45, 2.75) is 57.3 Å². The maximum atomic E-state index is 12.8. The Balaban J connectivity index is 1.37. The largest absolute Gasteiger partial charge is 0.381 e. The van der Waals surface area contributed by atoms with Gasteiger partial charge in [0, 0.05) is 42.7 Å². The Morgan fingerprint density at radius 2 is 2.00 bits per heavy atom. The summed E-state index contributed by atoms with van der Waals surface area (Å²) in [5.41, 5.74) is 3.17. The van der Waals surface area contributed by atoms with E-state index in [1.807, 2.05) is 30.5 Å². The van der Waals surface area contributed by atoms with Crippen molar-refractivity contribution in [3.05, 3.63) is 48.7 Å². The lowest BCUT2D eigenvalue weighted by atomic mass is 10.0. The first-order valence-corrected chi connectivity index (χ1v) is 12.8. The number of ether oxygens (including phenoxy) is 1. The van der Waals surface area contributed by atoms with E-state index in [0.29, 0.717) is 30.5 Å². The fourth-order valence-corrected chi connectivity index (χ4v) is 4.64. The van der Waals surface area contributed by atoms with E-state index in [0.717, 1.165) is 43.0 Å². The first-order chi connectivity index (χ1) is 17.9. The first kappa shape index (κ1) is 25.1. The number of fused-ring (bicyclic) bond motifs is 1. The molecule has 2 fully saturated rings. The second-order valence-corrected chi connectivity index (χ2v) is 9.78. The lowest BCUT2D eigenvalue weighted by molar-refractivity contribution is -0.132. The smallest absolute Gasteiger partial charge is 0.241 e. The molecule has 0 radical (unpaired) electrons. The molecule has 2 aliphatic heterocycles. The van der Waals surface area contributed by atoms with Gasteiger partial charge in [0.25, 0.3) is 0 Å². The van der Waals surface area contributed by atoms with Crippen LogP contribution >= 0.6 is 0 Å². The van der Waals surface area contributed by atoms with Gasteiger partial charge in [0.1, 0.15) is 6.23 Å². The third kappa shape index (κ3) is 5.43. The number of rotatable bonds is 9. The number of nitrogens with zero attached hydrogens (tertiary/aromatic N) is 5. The second kappa shape index (κ2) is 10.8. The lowest BCUT2D eigenvalue weighted by Gasteiger charge is -2.41. The Morgan fingerprint density at radius 1 is 1.22 bits per heavy atom. The van der Waals surface area contributed by atoms with Gasteiger partial charge in [-0.25, -0.2) is 0 Å². The average Bonchev–Trinajstić information content (AvgIpc) is 3.29. The molecule has 4 N–H and O–H groups in total. The van der Waals surface area contributed by atoms with Gasteiger partial charge in [-0.1, -0.05) is 26.5 Å². The summed E-state index contributed by atoms with van der Waals surface area (Å²) in [4.78, 5) is 24.0. The molecule has 196 valence electrons. The van der Waals surface area contributed by atoms with Crippen LogP contribution in [0.4, 0.5) is 23.3 Å². The third-order valence-electron chi connectivity index (χ3n) is 6.87. The summed E-state index contributed by atoms with van der Waals surface area (Å²) in [7, 11) is 0. The Bertz CT molecular complexity index is 1270. The topological polar surface area (TPSA) is 129 Å². The van der Waals surface area contributed by atoms with Gasteiger partial charge in [-0.05, 0) is 49.5 Å². The van der Waals surface area contributed by atoms with E-state index < -0.39 is 6.23 Å². The van der Waals surface area contributed by atoms with Crippen LogP contribution in [0.3, 0.4) is 0 Å². The molecule has 37 heavy (non-hydrogen) atoms. The van der Waals surface area contributed by atoms with Gasteiger partial charge in [0.2, 0.25) is 17.8 Å². The molecule has 2 saturated heterocycles. The van der Waals surface area contributed by atoms with E-state index in [9.17, 15) is 9.90 Å². The maximum Gasteiger partial charge on any atom is 0.241 e. The number of amides is 1. The Morgan fingerprint density at radius 3 is 2.70 bits per heavy atom. The van der Waals surface area contributed by atoms with E-state index in [1.165, 1.54) is 6.08 Å². The second-order valence-electron chi connectivity index (χ2n) is 9.78. The number of nitrogens with one attached hydrogen (secondary N) is 3. The molecule has 11 nitrogen and oxygen atoms in total. The number of aliphatic hydroxyl groups excluding tert-OH is 1. The van der Waals surface area contributed by atoms with E-state index in [-0.39, 0.29) is 23.9 Å². The van der Waals surface area contributed by atoms with Crippen LogP contribution in [0.2, 0.25) is 0 Å². The van der Waals surface area contributed by atoms with Crippen LogP contribution in [0.25, 0.3) is 5.65 Å². The highest BCUT2D eigenvalue weighted by molar-refractivity contribution is 5.95. The molecule has 11 heteroatoms. The van der Waals surface area contributed by atoms with Crippen LogP contribution in [0.15, 0.2) is 43.1 Å². The van der Waals surface area contributed by atoms with Crippen LogP contribution < -0.4 is 16.0 Å². The van der Waals surface area contributed by atoms with Gasteiger partial charge in [0.05, 0.1) is 12.2 Å². The number of likely N-dealkylation sites (tertiary alicyclic amines) is 1. The number of carbonyl (C=O) groups is 1. The first-order valence-electron chi connectivity index (χ1n) is 12.8. The standard InChI is InChI=1S/C26H34N8O3/c1-4-22(35)33-11-8-21(33)24(36)28-18-6-5-7-19(14-18)30-26-32-25(29-17-9-12-37-13-10-17)31-23-20(16(2)3)15-27-34(23)26/h4-7,14-17,21-22,35H,1,8-13H2,2-3H3,(H,28,36)(H2,29,30,31,32). The maximum absolute atomic E-state index is 12.8. The highest BCUT2D eigenvalue weighted by Gasteiger charge is 2.37. The summed E-state index contributed by atoms with van der Waals surface area (Å²) >= 11 is 0. The number of benzene rings is 1. The van der Waals surface area contributed by atoms with Crippen LogP contribution in [-0.4, -0.2) is 73.6 Å². The predicted molar refractivity (Wildman–Crippen MR) is 142 cm³/mol. The molecular weight excluding hydrogens is 472 g/mol. The van der Waals surface area contributed by atoms with Crippen LogP contribution in [0.5, 0.6) is 0 Å². The number of hydrogen-bond donors (Lipinski definition) is 4. The third-order valence-corrected chi connectivity index (χ3v) is 6.87. The zero-order valence-electron chi connectivity index (χ0n) is 21.2. The summed E-state index contributed by atoms with van der Waals surface area (Å²) in [6, 6.07) is 7.30. The summed E-state index contributed by atoms with van der Waals surface area (Å²) in [5.74, 6) is 1.15. The molecule has 0 bridgehead atoms. The van der Waals surface area contributed by atoms with E-state index >= 15 is 0 Å². The molecule has 0 saturated carbocycles. The zero-order chi connectivity index (χ0) is 25.9. The molecule has 2 atom stereocenters. The van der Waals surface area contributed by atoms with Crippen LogP contribution in [0, 0.1) is 0 Å². The van der Waals surface area contributed by atoms with Crippen molar-refractivity contribution in [1.82, 2.24) is 24.5 Å². The average molecular weight is 507 g/mol. The minimum absolute atomic E-state index is 0.162. The SMILES string of the molecule is C=CC(O)N1CCC1C(=O)Nc1cccc(Nc2nc(NC3CCOCC3)nc3c(C(C)C)cnn23)c1. The van der Waals surface area contributed by atoms with E-state index in [2.05, 4.69) is 41.5 Å². The predicted octanol–water partition coefficient (Wildman–Crippen LogP) is 3.10.